The SMILES string of the molecule is CC(=O)N=C(N(C)C(C)=O)n1cc(C(F)(F)F)cn1.CC(=O)N=C(N(C)C(C)=O)n1cc([N+](=O)[O-])cn1.CC(=O)N=C(N(C)C(C)=O)n1cccn1.CC(=O)N=C(NC(C)=O)n1cccn1.CC(=O)NC(=NC(=O)OC(C)(C)C)n1cccn1.CN=C(N)n1cccn1. The van der Waals surface area contributed by atoms with E-state index in [1.54, 1.807) is 89.3 Å². The maximum Gasteiger partial charge on any atom is 0.437 e. The van der Waals surface area contributed by atoms with Crippen LogP contribution >= 0.6 is 0 Å². The number of nitrogens with one attached hydrogen (secondary N) is 2. The summed E-state index contributed by atoms with van der Waals surface area (Å²) in [5.74, 6) is -3.42. The molecule has 0 aliphatic heterocycles. The van der Waals surface area contributed by atoms with Gasteiger partial charge in [-0.2, -0.15) is 63.7 Å². The lowest BCUT2D eigenvalue weighted by Gasteiger charge is -2.17. The molecule has 6 heterocycles. The minimum Gasteiger partial charge on any atom is -0.442 e. The van der Waals surface area contributed by atoms with Crippen molar-refractivity contribution in [2.45, 2.75) is 94.9 Å². The minimum atomic E-state index is -4.56. The van der Waals surface area contributed by atoms with Gasteiger partial charge in [0, 0.05) is 146 Å². The molecule has 6 rings (SSSR count). The first kappa shape index (κ1) is 78.8. The number of aromatic nitrogens is 12. The van der Waals surface area contributed by atoms with Crippen LogP contribution in [0.4, 0.5) is 23.7 Å². The Morgan fingerprint density at radius 1 is 0.527 bits per heavy atom. The fourth-order valence-electron chi connectivity index (χ4n) is 5.57. The lowest BCUT2D eigenvalue weighted by Crippen LogP contribution is -2.37. The Kier molecular flexibility index (Phi) is 31.8. The van der Waals surface area contributed by atoms with Crippen LogP contribution < -0.4 is 16.4 Å². The van der Waals surface area contributed by atoms with Gasteiger partial charge in [-0.05, 0) is 45.0 Å². The van der Waals surface area contributed by atoms with Crippen LogP contribution in [0.5, 0.6) is 0 Å². The zero-order valence-electron chi connectivity index (χ0n) is 53.1. The molecule has 0 atom stereocenters. The highest BCUT2D eigenvalue weighted by molar-refractivity contribution is 6.04. The van der Waals surface area contributed by atoms with Crippen LogP contribution in [0, 0.1) is 10.1 Å². The molecule has 0 spiro atoms. The highest BCUT2D eigenvalue weighted by Crippen LogP contribution is 2.28. The lowest BCUT2D eigenvalue weighted by atomic mass is 10.2. The maximum absolute atomic E-state index is 12.4. The number of carbonyl (C=O) groups is 10. The molecule has 0 bridgehead atoms. The predicted octanol–water partition coefficient (Wildman–Crippen LogP) is 1.87. The largest absolute Gasteiger partial charge is 0.442 e. The third-order valence-electron chi connectivity index (χ3n) is 9.74. The number of nitrogens with zero attached hydrogens (tertiary/aromatic N) is 22. The zero-order chi connectivity index (χ0) is 71.1. The predicted molar refractivity (Wildman–Crippen MR) is 324 cm³/mol. The van der Waals surface area contributed by atoms with Crippen molar-refractivity contribution in [3.8, 4) is 0 Å². The molecule has 0 saturated heterocycles. The Morgan fingerprint density at radius 3 is 1.16 bits per heavy atom. The first-order valence-corrected chi connectivity index (χ1v) is 26.2. The van der Waals surface area contributed by atoms with E-state index in [1.807, 2.05) is 0 Å². The van der Waals surface area contributed by atoms with Gasteiger partial charge in [-0.3, -0.25) is 83.6 Å². The van der Waals surface area contributed by atoms with Gasteiger partial charge in [-0.25, -0.2) is 32.9 Å². The van der Waals surface area contributed by atoms with Gasteiger partial charge in [-0.1, -0.05) is 0 Å². The van der Waals surface area contributed by atoms with E-state index in [0.717, 1.165) is 38.5 Å². The number of aliphatic imine (C=N–C) groups is 6. The summed E-state index contributed by atoms with van der Waals surface area (Å²) in [5.41, 5.74) is 3.48. The summed E-state index contributed by atoms with van der Waals surface area (Å²) < 4.78 is 49.5. The van der Waals surface area contributed by atoms with Gasteiger partial charge in [0.1, 0.15) is 18.0 Å². The summed E-state index contributed by atoms with van der Waals surface area (Å²) in [4.78, 5) is 146. The van der Waals surface area contributed by atoms with Crippen molar-refractivity contribution in [2.24, 2.45) is 35.7 Å². The monoisotopic (exact) mass is 1310 g/mol. The first-order valence-electron chi connectivity index (χ1n) is 26.2. The third-order valence-corrected chi connectivity index (χ3v) is 9.74. The molecule has 4 N–H and O–H groups in total. The zero-order valence-corrected chi connectivity index (χ0v) is 53.1. The molecule has 41 heteroatoms. The molecule has 6 aromatic heterocycles. The van der Waals surface area contributed by atoms with E-state index < -0.39 is 52.0 Å². The average molecular weight is 1310 g/mol. The minimum absolute atomic E-state index is 0.00162. The number of alkyl halides is 3. The second-order valence-corrected chi connectivity index (χ2v) is 18.7. The van der Waals surface area contributed by atoms with E-state index in [0.29, 0.717) is 18.4 Å². The van der Waals surface area contributed by atoms with Gasteiger partial charge in [0.25, 0.3) is 0 Å². The molecule has 500 valence electrons. The van der Waals surface area contributed by atoms with Crippen molar-refractivity contribution in [3.05, 3.63) is 114 Å². The maximum atomic E-state index is 12.4. The number of amides is 10. The number of carbonyl (C=O) groups excluding carboxylic acids is 10. The molecule has 38 nitrogen and oxygen atoms in total. The molecule has 0 aliphatic carbocycles. The van der Waals surface area contributed by atoms with Crippen molar-refractivity contribution < 1.29 is 70.8 Å². The number of nitro groups is 1. The highest BCUT2D eigenvalue weighted by Gasteiger charge is 2.33. The molecule has 0 radical (unpaired) electrons. The van der Waals surface area contributed by atoms with Gasteiger partial charge in [-0.15, -0.1) is 4.99 Å². The van der Waals surface area contributed by atoms with Gasteiger partial charge >= 0.3 is 18.0 Å². The summed E-state index contributed by atoms with van der Waals surface area (Å²) in [7, 11) is 5.82. The molecule has 0 aliphatic rings. The lowest BCUT2D eigenvalue weighted by molar-refractivity contribution is -0.384. The van der Waals surface area contributed by atoms with Crippen molar-refractivity contribution in [2.75, 3.05) is 28.2 Å². The van der Waals surface area contributed by atoms with Gasteiger partial charge < -0.3 is 10.5 Å². The average Bonchev–Trinajstić information content (AvgIpc) is 1.76. The van der Waals surface area contributed by atoms with E-state index in [2.05, 4.69) is 71.2 Å². The molecule has 6 aromatic rings. The molecule has 10 amide bonds. The quantitative estimate of drug-likeness (QED) is 0.0915. The Labute approximate surface area is 527 Å². The van der Waals surface area contributed by atoms with E-state index in [4.69, 9.17) is 10.5 Å². The van der Waals surface area contributed by atoms with Crippen LogP contribution in [-0.2, 0) is 54.1 Å². The second kappa shape index (κ2) is 37.6. The standard InChI is InChI=1S/C11H16N4O3.C10H11F3N4O2.C9H11N5O4.C9H12N4O2.C8H10N4O2.C5H8N4/c1-8(16)13-9(15-7-5-6-12-15)14-10(17)18-11(2,3)4;1-6(18)15-9(16(3)7(2)19)17-5-8(4-14-17)10(11,12)13;1-6(15)11-9(12(3)7(2)16)13-5-8(4-10-13)14(17)18;1-7(14)11-9(12(3)8(2)15)13-6-4-5-10-13;1-6(13)10-8(11-7(2)14)12-5-3-4-9-12;1-7-5(6)9-4-2-3-8-9/h5-7H,1-4H3,(H,13,14,16,17);4-5H,1-3H3;4-5H,1-3H3;4-6H,1-3H3;3-5H,1-2H3,(H,10,11,13,14);2-4H,1H3,(H2,6,7). The van der Waals surface area contributed by atoms with Crippen LogP contribution in [0.2, 0.25) is 0 Å². The number of ether oxygens (including phenoxy) is 1. The second-order valence-electron chi connectivity index (χ2n) is 18.7. The number of halogens is 3. The molecular formula is C52H68F3N25O13. The smallest absolute Gasteiger partial charge is 0.437 e. The number of hydrogen-bond donors (Lipinski definition) is 3. The van der Waals surface area contributed by atoms with Crippen LogP contribution in [0.25, 0.3) is 0 Å². The Bertz CT molecular complexity index is 3720. The van der Waals surface area contributed by atoms with Crippen molar-refractivity contribution >= 4 is 101 Å². The van der Waals surface area contributed by atoms with Gasteiger partial charge in [0.05, 0.1) is 16.7 Å². The normalized spacial score (nSPS) is 11.7. The Balaban J connectivity index is 0.000000564. The number of rotatable bonds is 1. The van der Waals surface area contributed by atoms with Crippen LogP contribution in [0.3, 0.4) is 0 Å². The highest BCUT2D eigenvalue weighted by atomic mass is 19.4. The molecular weight excluding hydrogens is 1240 g/mol. The van der Waals surface area contributed by atoms with Crippen molar-refractivity contribution in [3.63, 3.8) is 0 Å². The summed E-state index contributed by atoms with van der Waals surface area (Å²) in [6, 6.07) is 6.78. The molecule has 0 aromatic carbocycles. The molecule has 93 heavy (non-hydrogen) atoms. The summed E-state index contributed by atoms with van der Waals surface area (Å²) in [5, 5.41) is 38.0. The molecule has 0 fully saturated rings. The fourth-order valence-corrected chi connectivity index (χ4v) is 5.57. The van der Waals surface area contributed by atoms with E-state index >= 15 is 0 Å². The van der Waals surface area contributed by atoms with Crippen molar-refractivity contribution in [1.82, 2.24) is 84.0 Å². The Morgan fingerprint density at radius 2 is 0.871 bits per heavy atom. The number of nitrogens with two attached hydrogens (primary N) is 1. The third kappa shape index (κ3) is 30.0. The van der Waals surface area contributed by atoms with E-state index in [-0.39, 0.29) is 65.0 Å². The summed E-state index contributed by atoms with van der Waals surface area (Å²) in [6.07, 6.45) is 10.7. The van der Waals surface area contributed by atoms with Gasteiger partial charge in [0.15, 0.2) is 0 Å². The summed E-state index contributed by atoms with van der Waals surface area (Å²) in [6.45, 7) is 16.6. The van der Waals surface area contributed by atoms with Crippen LogP contribution in [-0.4, -0.2) is 207 Å². The van der Waals surface area contributed by atoms with Crippen LogP contribution in [0.15, 0.2) is 129 Å². The Hall–Kier alpha value is -12.2. The summed E-state index contributed by atoms with van der Waals surface area (Å²) >= 11 is 0. The van der Waals surface area contributed by atoms with Crippen LogP contribution in [0.1, 0.15) is 88.6 Å². The first-order chi connectivity index (χ1) is 43.2. The van der Waals surface area contributed by atoms with Gasteiger partial charge in [0.2, 0.25) is 88.9 Å². The van der Waals surface area contributed by atoms with E-state index in [9.17, 15) is 71.2 Å². The topological polar surface area (TPSA) is 464 Å². The molecule has 0 saturated carbocycles. The van der Waals surface area contributed by atoms with E-state index in [1.165, 1.54) is 113 Å². The molecule has 0 unspecified atom stereocenters. The fraction of sp³-hybridized carbons (Fsp3) is 0.346. The van der Waals surface area contributed by atoms with Crippen molar-refractivity contribution in [1.29, 1.82) is 0 Å². The number of hydrogen-bond acceptors (Lipinski definition) is 20.